The lowest BCUT2D eigenvalue weighted by Gasteiger charge is -2.23. The number of anilines is 1. The van der Waals surface area contributed by atoms with Crippen LogP contribution in [0.5, 0.6) is 0 Å². The molecule has 18 heavy (non-hydrogen) atoms. The summed E-state index contributed by atoms with van der Waals surface area (Å²) in [6.07, 6.45) is 1.95. The number of rotatable bonds is 2. The molecule has 0 amide bonds. The van der Waals surface area contributed by atoms with Crippen molar-refractivity contribution in [3.05, 3.63) is 36.4 Å². The fraction of sp³-hybridized carbons (Fsp3) is 0.357. The average molecular weight is 260 g/mol. The third kappa shape index (κ3) is 2.53. The van der Waals surface area contributed by atoms with Crippen molar-refractivity contribution in [2.45, 2.75) is 18.9 Å². The number of hydrogen-bond acceptors (Lipinski definition) is 3. The van der Waals surface area contributed by atoms with Gasteiger partial charge < -0.3 is 5.32 Å². The quantitative estimate of drug-likeness (QED) is 0.902. The van der Waals surface area contributed by atoms with Gasteiger partial charge in [-0.2, -0.15) is 0 Å². The summed E-state index contributed by atoms with van der Waals surface area (Å²) in [5.74, 6) is 2.54. The van der Waals surface area contributed by atoms with E-state index in [0.29, 0.717) is 6.04 Å². The molecule has 1 aromatic heterocycles. The van der Waals surface area contributed by atoms with Crippen molar-refractivity contribution in [1.29, 1.82) is 0 Å². The first kappa shape index (κ1) is 11.7. The molecule has 0 bridgehead atoms. The molecule has 1 aliphatic heterocycles. The fourth-order valence-corrected chi connectivity index (χ4v) is 3.59. The minimum Gasteiger partial charge on any atom is -0.367 e. The van der Waals surface area contributed by atoms with Crippen molar-refractivity contribution < 1.29 is 4.21 Å². The molecule has 1 aromatic carbocycles. The van der Waals surface area contributed by atoms with Crippen LogP contribution in [-0.4, -0.2) is 26.7 Å². The van der Waals surface area contributed by atoms with Gasteiger partial charge in [0.1, 0.15) is 5.82 Å². The zero-order valence-electron chi connectivity index (χ0n) is 10.1. The summed E-state index contributed by atoms with van der Waals surface area (Å²) in [6.45, 7) is 0. The van der Waals surface area contributed by atoms with Gasteiger partial charge in [-0.3, -0.25) is 4.21 Å². The molecule has 1 saturated heterocycles. The molecule has 1 aliphatic rings. The molecular weight excluding hydrogens is 244 g/mol. The Bertz CT molecular complexity index is 575. The zero-order valence-corrected chi connectivity index (χ0v) is 11.0. The van der Waals surface area contributed by atoms with Gasteiger partial charge in [0, 0.05) is 33.7 Å². The van der Waals surface area contributed by atoms with Gasteiger partial charge in [0.2, 0.25) is 0 Å². The molecule has 2 heterocycles. The molecule has 4 heteroatoms. The van der Waals surface area contributed by atoms with Crippen molar-refractivity contribution in [3.63, 3.8) is 0 Å². The van der Waals surface area contributed by atoms with E-state index in [2.05, 4.69) is 22.4 Å². The van der Waals surface area contributed by atoms with Crippen molar-refractivity contribution >= 4 is 27.5 Å². The van der Waals surface area contributed by atoms with Crippen LogP contribution in [0.25, 0.3) is 10.9 Å². The van der Waals surface area contributed by atoms with E-state index in [1.165, 1.54) is 0 Å². The predicted molar refractivity (Wildman–Crippen MR) is 76.3 cm³/mol. The van der Waals surface area contributed by atoms with E-state index in [1.54, 1.807) is 0 Å². The fourth-order valence-electron chi connectivity index (χ4n) is 2.29. The summed E-state index contributed by atoms with van der Waals surface area (Å²) in [5.41, 5.74) is 1.02. The highest BCUT2D eigenvalue weighted by molar-refractivity contribution is 7.85. The lowest BCUT2D eigenvalue weighted by Crippen LogP contribution is -2.29. The molecule has 2 aromatic rings. The van der Waals surface area contributed by atoms with Crippen LogP contribution in [0, 0.1) is 0 Å². The second kappa shape index (κ2) is 5.06. The van der Waals surface area contributed by atoms with Crippen LogP contribution >= 0.6 is 0 Å². The molecule has 0 atom stereocenters. The number of para-hydroxylation sites is 1. The Hall–Kier alpha value is -1.42. The average Bonchev–Trinajstić information content (AvgIpc) is 2.41. The van der Waals surface area contributed by atoms with Gasteiger partial charge in [-0.1, -0.05) is 18.2 Å². The topological polar surface area (TPSA) is 42.0 Å². The maximum Gasteiger partial charge on any atom is 0.126 e. The highest BCUT2D eigenvalue weighted by atomic mass is 32.2. The van der Waals surface area contributed by atoms with Crippen molar-refractivity contribution in [3.8, 4) is 0 Å². The molecule has 0 radical (unpaired) electrons. The minimum absolute atomic E-state index is 0.413. The molecule has 0 aliphatic carbocycles. The van der Waals surface area contributed by atoms with E-state index in [1.807, 2.05) is 24.3 Å². The smallest absolute Gasteiger partial charge is 0.126 e. The first-order valence-corrected chi connectivity index (χ1v) is 7.77. The highest BCUT2D eigenvalue weighted by Crippen LogP contribution is 2.18. The largest absolute Gasteiger partial charge is 0.367 e. The van der Waals surface area contributed by atoms with Crippen molar-refractivity contribution in [1.82, 2.24) is 4.98 Å². The van der Waals surface area contributed by atoms with E-state index >= 15 is 0 Å². The van der Waals surface area contributed by atoms with Crippen molar-refractivity contribution in [2.75, 3.05) is 16.8 Å². The zero-order chi connectivity index (χ0) is 12.4. The second-order valence-corrected chi connectivity index (χ2v) is 6.35. The number of hydrogen-bond donors (Lipinski definition) is 1. The molecular formula is C14H16N2OS. The Morgan fingerprint density at radius 1 is 1.11 bits per heavy atom. The monoisotopic (exact) mass is 260 g/mol. The summed E-state index contributed by atoms with van der Waals surface area (Å²) in [4.78, 5) is 4.60. The van der Waals surface area contributed by atoms with Gasteiger partial charge in [-0.05, 0) is 31.0 Å². The van der Waals surface area contributed by atoms with E-state index in [9.17, 15) is 4.21 Å². The van der Waals surface area contributed by atoms with Crippen LogP contribution in [-0.2, 0) is 10.8 Å². The highest BCUT2D eigenvalue weighted by Gasteiger charge is 2.17. The number of pyridine rings is 1. The maximum absolute atomic E-state index is 11.3. The number of fused-ring (bicyclic) bond motifs is 1. The normalized spacial score (nSPS) is 24.0. The summed E-state index contributed by atoms with van der Waals surface area (Å²) in [7, 11) is -0.602. The minimum atomic E-state index is -0.602. The lowest BCUT2D eigenvalue weighted by molar-refractivity contribution is 0.623. The number of aromatic nitrogens is 1. The van der Waals surface area contributed by atoms with Crippen molar-refractivity contribution in [2.24, 2.45) is 0 Å². The van der Waals surface area contributed by atoms with Crippen LogP contribution in [0.2, 0.25) is 0 Å². The molecule has 1 N–H and O–H groups in total. The number of nitrogens with one attached hydrogen (secondary N) is 1. The summed E-state index contributed by atoms with van der Waals surface area (Å²) in [6, 6.07) is 12.6. The molecule has 3 nitrogen and oxygen atoms in total. The van der Waals surface area contributed by atoms with Crippen LogP contribution in [0.15, 0.2) is 36.4 Å². The Morgan fingerprint density at radius 3 is 2.72 bits per heavy atom. The van der Waals surface area contributed by atoms with Gasteiger partial charge in [-0.25, -0.2) is 4.98 Å². The first-order chi connectivity index (χ1) is 8.81. The number of nitrogens with zero attached hydrogens (tertiary/aromatic N) is 1. The van der Waals surface area contributed by atoms with Crippen LogP contribution < -0.4 is 5.32 Å². The van der Waals surface area contributed by atoms with E-state index in [4.69, 9.17) is 0 Å². The Kier molecular flexibility index (Phi) is 3.28. The van der Waals surface area contributed by atoms with Gasteiger partial charge in [0.25, 0.3) is 0 Å². The third-order valence-corrected chi connectivity index (χ3v) is 4.72. The Morgan fingerprint density at radius 2 is 1.89 bits per heavy atom. The molecule has 0 spiro atoms. The standard InChI is InChI=1S/C14H16N2OS/c17-18-9-7-12(8-10-18)15-14-6-5-11-3-1-2-4-13(11)16-14/h1-6,12H,7-10H2,(H,15,16). The first-order valence-electron chi connectivity index (χ1n) is 6.28. The third-order valence-electron chi connectivity index (χ3n) is 3.34. The SMILES string of the molecule is O=S1CCC(Nc2ccc3ccccc3n2)CC1. The summed E-state index contributed by atoms with van der Waals surface area (Å²) >= 11 is 0. The second-order valence-electron chi connectivity index (χ2n) is 4.66. The summed E-state index contributed by atoms with van der Waals surface area (Å²) in [5, 5.41) is 4.61. The van der Waals surface area contributed by atoms with E-state index < -0.39 is 10.8 Å². The van der Waals surface area contributed by atoms with E-state index in [-0.39, 0.29) is 0 Å². The molecule has 0 unspecified atom stereocenters. The van der Waals surface area contributed by atoms with E-state index in [0.717, 1.165) is 41.1 Å². The van der Waals surface area contributed by atoms with Gasteiger partial charge in [-0.15, -0.1) is 0 Å². The van der Waals surface area contributed by atoms with Crippen LogP contribution in [0.3, 0.4) is 0 Å². The Labute approximate surface area is 109 Å². The maximum atomic E-state index is 11.3. The lowest BCUT2D eigenvalue weighted by atomic mass is 10.1. The number of benzene rings is 1. The van der Waals surface area contributed by atoms with Crippen LogP contribution in [0.1, 0.15) is 12.8 Å². The summed E-state index contributed by atoms with van der Waals surface area (Å²) < 4.78 is 11.3. The molecule has 3 rings (SSSR count). The van der Waals surface area contributed by atoms with Gasteiger partial charge in [0.15, 0.2) is 0 Å². The van der Waals surface area contributed by atoms with Gasteiger partial charge >= 0.3 is 0 Å². The van der Waals surface area contributed by atoms with Gasteiger partial charge in [0.05, 0.1) is 5.52 Å². The molecule has 1 fully saturated rings. The molecule has 94 valence electrons. The molecule has 0 saturated carbocycles. The van der Waals surface area contributed by atoms with Crippen LogP contribution in [0.4, 0.5) is 5.82 Å². The Balaban J connectivity index is 1.76. The predicted octanol–water partition coefficient (Wildman–Crippen LogP) is 2.56.